The number of anilines is 2. The molecule has 0 radical (unpaired) electrons. The smallest absolute Gasteiger partial charge is 0.295 e. The van der Waals surface area contributed by atoms with E-state index in [1.54, 1.807) is 12.1 Å². The fraction of sp³-hybridized carbons (Fsp3) is 0.500. The molecule has 5 nitrogen and oxygen atoms in total. The summed E-state index contributed by atoms with van der Waals surface area (Å²) in [5.41, 5.74) is 7.95. The zero-order valence-electron chi connectivity index (χ0n) is 11.4. The van der Waals surface area contributed by atoms with Gasteiger partial charge in [0, 0.05) is 18.8 Å². The highest BCUT2D eigenvalue weighted by molar-refractivity contribution is 5.78. The van der Waals surface area contributed by atoms with Crippen molar-refractivity contribution in [2.45, 2.75) is 26.7 Å². The van der Waals surface area contributed by atoms with E-state index < -0.39 is 0 Å². The molecule has 0 fully saturated rings. The van der Waals surface area contributed by atoms with E-state index in [1.165, 1.54) is 0 Å². The van der Waals surface area contributed by atoms with Crippen LogP contribution < -0.4 is 11.1 Å². The summed E-state index contributed by atoms with van der Waals surface area (Å²) in [7, 11) is 0. The number of aliphatic hydroxyl groups is 1. The lowest BCUT2D eigenvalue weighted by molar-refractivity contribution is 0.247. The molecule has 0 saturated carbocycles. The summed E-state index contributed by atoms with van der Waals surface area (Å²) in [5, 5.41) is 12.1. The second-order valence-electron chi connectivity index (χ2n) is 5.59. The van der Waals surface area contributed by atoms with Gasteiger partial charge in [0.2, 0.25) is 0 Å². The van der Waals surface area contributed by atoms with Gasteiger partial charge in [-0.15, -0.1) is 0 Å². The third kappa shape index (κ3) is 3.61. The fourth-order valence-electron chi connectivity index (χ4n) is 1.98. The van der Waals surface area contributed by atoms with E-state index >= 15 is 0 Å². The van der Waals surface area contributed by atoms with E-state index in [9.17, 15) is 0 Å². The summed E-state index contributed by atoms with van der Waals surface area (Å²) in [6, 6.07) is 5.92. The van der Waals surface area contributed by atoms with Gasteiger partial charge < -0.3 is 20.6 Å². The highest BCUT2D eigenvalue weighted by Crippen LogP contribution is 2.25. The minimum absolute atomic E-state index is 0.0857. The number of nitrogens with zero attached hydrogens (tertiary/aromatic N) is 1. The molecule has 104 valence electrons. The number of aromatic nitrogens is 1. The molecule has 2 rings (SSSR count). The van der Waals surface area contributed by atoms with Gasteiger partial charge in [-0.25, -0.2) is 0 Å². The number of nitrogens with one attached hydrogen (secondary N) is 1. The normalized spacial score (nSPS) is 11.9. The summed E-state index contributed by atoms with van der Waals surface area (Å²) in [6.45, 7) is 5.27. The highest BCUT2D eigenvalue weighted by Gasteiger charge is 2.18. The third-order valence-electron chi connectivity index (χ3n) is 3.14. The Labute approximate surface area is 112 Å². The first-order chi connectivity index (χ1) is 9.00. The molecule has 0 atom stereocenters. The van der Waals surface area contributed by atoms with Gasteiger partial charge in [-0.1, -0.05) is 13.8 Å². The van der Waals surface area contributed by atoms with Crippen LogP contribution in [0.3, 0.4) is 0 Å². The number of nitrogens with two attached hydrogens (primary N) is 1. The molecular formula is C14H21N3O2. The van der Waals surface area contributed by atoms with Gasteiger partial charge in [-0.3, -0.25) is 0 Å². The average molecular weight is 263 g/mol. The maximum Gasteiger partial charge on any atom is 0.295 e. The lowest BCUT2D eigenvalue weighted by Gasteiger charge is -2.23. The fourth-order valence-corrected chi connectivity index (χ4v) is 1.98. The number of rotatable bonds is 6. The monoisotopic (exact) mass is 263 g/mol. The predicted molar refractivity (Wildman–Crippen MR) is 77.0 cm³/mol. The van der Waals surface area contributed by atoms with Gasteiger partial charge in [0.1, 0.15) is 5.52 Å². The molecule has 4 N–H and O–H groups in total. The van der Waals surface area contributed by atoms with Gasteiger partial charge in [-0.05, 0) is 36.5 Å². The summed E-state index contributed by atoms with van der Waals surface area (Å²) in [4.78, 5) is 4.35. The van der Waals surface area contributed by atoms with Crippen LogP contribution in [0.15, 0.2) is 22.6 Å². The van der Waals surface area contributed by atoms with E-state index in [4.69, 9.17) is 15.3 Å². The van der Waals surface area contributed by atoms with Crippen molar-refractivity contribution in [3.05, 3.63) is 18.2 Å². The van der Waals surface area contributed by atoms with Gasteiger partial charge in [0.05, 0.1) is 0 Å². The van der Waals surface area contributed by atoms with Crippen molar-refractivity contribution in [3.63, 3.8) is 0 Å². The second-order valence-corrected chi connectivity index (χ2v) is 5.59. The number of aliphatic hydroxyl groups excluding tert-OH is 1. The van der Waals surface area contributed by atoms with E-state index in [0.717, 1.165) is 30.5 Å². The first kappa shape index (κ1) is 13.7. The van der Waals surface area contributed by atoms with Crippen molar-refractivity contribution < 1.29 is 9.52 Å². The zero-order chi connectivity index (χ0) is 13.9. The van der Waals surface area contributed by atoms with Gasteiger partial charge in [-0.2, -0.15) is 4.98 Å². The van der Waals surface area contributed by atoms with E-state index in [0.29, 0.717) is 11.7 Å². The standard InChI is InChI=1S/C14H21N3O2/c1-14(2,6-3-7-18)9-16-13-17-11-8-10(15)4-5-12(11)19-13/h4-5,8,18H,3,6-7,9,15H2,1-2H3,(H,16,17). The first-order valence-electron chi connectivity index (χ1n) is 6.51. The molecule has 1 aromatic carbocycles. The molecule has 2 aromatic rings. The molecule has 0 saturated heterocycles. The zero-order valence-corrected chi connectivity index (χ0v) is 11.4. The first-order valence-corrected chi connectivity index (χ1v) is 6.51. The Morgan fingerprint density at radius 2 is 2.21 bits per heavy atom. The van der Waals surface area contributed by atoms with Crippen LogP contribution in [-0.2, 0) is 0 Å². The van der Waals surface area contributed by atoms with Crippen LogP contribution in [0.5, 0.6) is 0 Å². The van der Waals surface area contributed by atoms with Crippen LogP contribution in [0, 0.1) is 5.41 Å². The molecule has 0 bridgehead atoms. The molecule has 0 unspecified atom stereocenters. The number of nitrogen functional groups attached to an aromatic ring is 1. The molecule has 0 aliphatic carbocycles. The van der Waals surface area contributed by atoms with Crippen molar-refractivity contribution in [1.29, 1.82) is 0 Å². The number of fused-ring (bicyclic) bond motifs is 1. The summed E-state index contributed by atoms with van der Waals surface area (Å²) >= 11 is 0. The van der Waals surface area contributed by atoms with Crippen molar-refractivity contribution in [3.8, 4) is 0 Å². The molecule has 0 aliphatic rings. The van der Waals surface area contributed by atoms with Crippen LogP contribution in [0.2, 0.25) is 0 Å². The minimum atomic E-state index is 0.0857. The summed E-state index contributed by atoms with van der Waals surface area (Å²) < 4.78 is 5.60. The maximum absolute atomic E-state index is 8.87. The Bertz CT molecular complexity index is 549. The summed E-state index contributed by atoms with van der Waals surface area (Å²) in [5.74, 6) is 0. The predicted octanol–water partition coefficient (Wildman–Crippen LogP) is 2.62. The van der Waals surface area contributed by atoms with E-state index in [2.05, 4.69) is 24.1 Å². The summed E-state index contributed by atoms with van der Waals surface area (Å²) in [6.07, 6.45) is 1.75. The van der Waals surface area contributed by atoms with Crippen LogP contribution >= 0.6 is 0 Å². The Morgan fingerprint density at radius 1 is 1.42 bits per heavy atom. The molecule has 0 spiro atoms. The number of hydrogen-bond donors (Lipinski definition) is 3. The third-order valence-corrected chi connectivity index (χ3v) is 3.14. The Hall–Kier alpha value is -1.75. The molecule has 0 aliphatic heterocycles. The Balaban J connectivity index is 2.01. The molecule has 1 heterocycles. The Kier molecular flexibility index (Phi) is 3.95. The van der Waals surface area contributed by atoms with Crippen LogP contribution in [0.4, 0.5) is 11.7 Å². The van der Waals surface area contributed by atoms with Crippen molar-refractivity contribution in [2.24, 2.45) is 5.41 Å². The van der Waals surface area contributed by atoms with Gasteiger partial charge in [0.15, 0.2) is 5.58 Å². The van der Waals surface area contributed by atoms with E-state index in [1.807, 2.05) is 6.07 Å². The maximum atomic E-state index is 8.87. The average Bonchev–Trinajstić information content (AvgIpc) is 2.76. The largest absolute Gasteiger partial charge is 0.424 e. The number of oxazole rings is 1. The minimum Gasteiger partial charge on any atom is -0.424 e. The molecule has 19 heavy (non-hydrogen) atoms. The molecule has 1 aromatic heterocycles. The van der Waals surface area contributed by atoms with Crippen molar-refractivity contribution >= 4 is 22.8 Å². The number of hydrogen-bond acceptors (Lipinski definition) is 5. The Morgan fingerprint density at radius 3 is 2.95 bits per heavy atom. The highest BCUT2D eigenvalue weighted by atomic mass is 16.4. The molecular weight excluding hydrogens is 242 g/mol. The quantitative estimate of drug-likeness (QED) is 0.698. The van der Waals surface area contributed by atoms with Crippen LogP contribution in [0.1, 0.15) is 26.7 Å². The van der Waals surface area contributed by atoms with Crippen molar-refractivity contribution in [2.75, 3.05) is 24.2 Å². The SMILES string of the molecule is CC(C)(CCCO)CNc1nc2cc(N)ccc2o1. The van der Waals surface area contributed by atoms with E-state index in [-0.39, 0.29) is 12.0 Å². The molecule has 5 heteroatoms. The lowest BCUT2D eigenvalue weighted by atomic mass is 9.88. The van der Waals surface area contributed by atoms with Crippen molar-refractivity contribution in [1.82, 2.24) is 4.98 Å². The topological polar surface area (TPSA) is 84.3 Å². The van der Waals surface area contributed by atoms with Gasteiger partial charge >= 0.3 is 0 Å². The lowest BCUT2D eigenvalue weighted by Crippen LogP contribution is -2.23. The second kappa shape index (κ2) is 5.48. The number of benzene rings is 1. The van der Waals surface area contributed by atoms with Crippen LogP contribution in [0.25, 0.3) is 11.1 Å². The van der Waals surface area contributed by atoms with Crippen LogP contribution in [-0.4, -0.2) is 23.2 Å². The van der Waals surface area contributed by atoms with Gasteiger partial charge in [0.25, 0.3) is 6.01 Å². The molecule has 0 amide bonds.